The van der Waals surface area contributed by atoms with E-state index in [2.05, 4.69) is 16.1 Å². The summed E-state index contributed by atoms with van der Waals surface area (Å²) in [5.74, 6) is 1.10. The Kier molecular flexibility index (Phi) is 4.62. The molecule has 15 heavy (non-hydrogen) atoms. The number of pyridine rings is 1. The van der Waals surface area contributed by atoms with Gasteiger partial charge in [-0.05, 0) is 18.4 Å². The number of anilines is 1. The highest BCUT2D eigenvalue weighted by Gasteiger charge is 2.03. The second-order valence-corrected chi connectivity index (χ2v) is 4.36. The zero-order valence-electron chi connectivity index (χ0n) is 9.36. The highest BCUT2D eigenvalue weighted by molar-refractivity contribution is 7.98. The third-order valence-electron chi connectivity index (χ3n) is 2.18. The summed E-state index contributed by atoms with van der Waals surface area (Å²) in [5.41, 5.74) is 1.58. The average Bonchev–Trinajstić information content (AvgIpc) is 2.26. The Labute approximate surface area is 94.9 Å². The Balaban J connectivity index is 2.66. The van der Waals surface area contributed by atoms with E-state index in [1.54, 1.807) is 12.3 Å². The van der Waals surface area contributed by atoms with E-state index in [1.807, 2.05) is 24.9 Å². The molecule has 4 heteroatoms. The van der Waals surface area contributed by atoms with Crippen LogP contribution in [-0.4, -0.2) is 36.4 Å². The summed E-state index contributed by atoms with van der Waals surface area (Å²) in [5, 5.41) is 0. The zero-order chi connectivity index (χ0) is 11.3. The maximum Gasteiger partial charge on any atom is 0.178 e. The normalized spacial score (nSPS) is 10.1. The number of nitrogens with zero attached hydrogens (tertiary/aromatic N) is 2. The van der Waals surface area contributed by atoms with Crippen molar-refractivity contribution >= 4 is 23.2 Å². The molecular formula is C11H16N2OS. The van der Waals surface area contributed by atoms with E-state index in [0.717, 1.165) is 18.0 Å². The minimum atomic E-state index is 0.00770. The van der Waals surface area contributed by atoms with Gasteiger partial charge >= 0.3 is 0 Å². The minimum absolute atomic E-state index is 0.00770. The summed E-state index contributed by atoms with van der Waals surface area (Å²) in [7, 11) is 2.03. The Morgan fingerprint density at radius 2 is 2.27 bits per heavy atom. The first kappa shape index (κ1) is 12.0. The standard InChI is InChI=1S/C11H16N2OS/c1-9(14)11-5-4-10(8-12-11)13(2)6-7-15-3/h4-5,8H,6-7H2,1-3H3. The second-order valence-electron chi connectivity index (χ2n) is 3.37. The van der Waals surface area contributed by atoms with Gasteiger partial charge in [-0.15, -0.1) is 0 Å². The van der Waals surface area contributed by atoms with Crippen LogP contribution < -0.4 is 4.90 Å². The van der Waals surface area contributed by atoms with Crippen molar-refractivity contribution in [3.05, 3.63) is 24.0 Å². The molecule has 1 heterocycles. The number of Topliss-reactive ketones (excluding diaryl/α,β-unsaturated/α-hetero) is 1. The van der Waals surface area contributed by atoms with Crippen molar-refractivity contribution in [1.29, 1.82) is 0 Å². The fraction of sp³-hybridized carbons (Fsp3) is 0.455. The average molecular weight is 224 g/mol. The Bertz CT molecular complexity index is 324. The number of carbonyl (C=O) groups is 1. The molecule has 0 amide bonds. The molecule has 1 aromatic heterocycles. The van der Waals surface area contributed by atoms with Crippen LogP contribution in [-0.2, 0) is 0 Å². The maximum absolute atomic E-state index is 11.0. The predicted octanol–water partition coefficient (Wildman–Crippen LogP) is 2.08. The van der Waals surface area contributed by atoms with Crippen molar-refractivity contribution in [3.63, 3.8) is 0 Å². The van der Waals surface area contributed by atoms with E-state index in [0.29, 0.717) is 5.69 Å². The SMILES string of the molecule is CSCCN(C)c1ccc(C(C)=O)nc1. The number of carbonyl (C=O) groups excluding carboxylic acids is 1. The van der Waals surface area contributed by atoms with Crippen LogP contribution in [0.5, 0.6) is 0 Å². The summed E-state index contributed by atoms with van der Waals surface area (Å²) in [6, 6.07) is 3.71. The molecule has 0 radical (unpaired) electrons. The van der Waals surface area contributed by atoms with Gasteiger partial charge in [0, 0.05) is 26.3 Å². The molecule has 0 bridgehead atoms. The van der Waals surface area contributed by atoms with Crippen LogP contribution in [0.1, 0.15) is 17.4 Å². The second kappa shape index (κ2) is 5.75. The van der Waals surface area contributed by atoms with E-state index in [1.165, 1.54) is 6.92 Å². The largest absolute Gasteiger partial charge is 0.373 e. The first-order valence-corrected chi connectivity index (χ1v) is 6.21. The van der Waals surface area contributed by atoms with Crippen molar-refractivity contribution in [2.24, 2.45) is 0 Å². The van der Waals surface area contributed by atoms with Gasteiger partial charge in [0.1, 0.15) is 5.69 Å². The maximum atomic E-state index is 11.0. The molecule has 0 aliphatic rings. The van der Waals surface area contributed by atoms with Gasteiger partial charge in [0.25, 0.3) is 0 Å². The van der Waals surface area contributed by atoms with Crippen LogP contribution in [0.2, 0.25) is 0 Å². The van der Waals surface area contributed by atoms with Gasteiger partial charge in [0.05, 0.1) is 11.9 Å². The lowest BCUT2D eigenvalue weighted by atomic mass is 10.2. The smallest absolute Gasteiger partial charge is 0.178 e. The molecule has 3 nitrogen and oxygen atoms in total. The molecule has 0 fully saturated rings. The Morgan fingerprint density at radius 3 is 2.73 bits per heavy atom. The van der Waals surface area contributed by atoms with Crippen LogP contribution in [0.3, 0.4) is 0 Å². The van der Waals surface area contributed by atoms with E-state index in [9.17, 15) is 4.79 Å². The quantitative estimate of drug-likeness (QED) is 0.717. The fourth-order valence-corrected chi connectivity index (χ4v) is 1.63. The van der Waals surface area contributed by atoms with E-state index in [4.69, 9.17) is 0 Å². The summed E-state index contributed by atoms with van der Waals surface area (Å²) < 4.78 is 0. The molecular weight excluding hydrogens is 208 g/mol. The van der Waals surface area contributed by atoms with E-state index < -0.39 is 0 Å². The van der Waals surface area contributed by atoms with Crippen molar-refractivity contribution < 1.29 is 4.79 Å². The molecule has 0 aliphatic carbocycles. The monoisotopic (exact) mass is 224 g/mol. The van der Waals surface area contributed by atoms with Crippen LogP contribution in [0.25, 0.3) is 0 Å². The molecule has 0 N–H and O–H groups in total. The third-order valence-corrected chi connectivity index (χ3v) is 2.77. The van der Waals surface area contributed by atoms with Gasteiger partial charge < -0.3 is 4.90 Å². The van der Waals surface area contributed by atoms with E-state index >= 15 is 0 Å². The third kappa shape index (κ3) is 3.55. The first-order valence-electron chi connectivity index (χ1n) is 4.82. The van der Waals surface area contributed by atoms with Gasteiger partial charge in [0.15, 0.2) is 5.78 Å². The van der Waals surface area contributed by atoms with Crippen LogP contribution >= 0.6 is 11.8 Å². The van der Waals surface area contributed by atoms with Crippen molar-refractivity contribution in [2.45, 2.75) is 6.92 Å². The molecule has 0 aromatic carbocycles. The minimum Gasteiger partial charge on any atom is -0.373 e. The molecule has 1 aromatic rings. The summed E-state index contributed by atoms with van der Waals surface area (Å²) in [6.07, 6.45) is 3.84. The summed E-state index contributed by atoms with van der Waals surface area (Å²) >= 11 is 1.82. The van der Waals surface area contributed by atoms with Gasteiger partial charge in [-0.25, -0.2) is 0 Å². The van der Waals surface area contributed by atoms with Gasteiger partial charge in [-0.1, -0.05) is 0 Å². The Morgan fingerprint density at radius 1 is 1.53 bits per heavy atom. The topological polar surface area (TPSA) is 33.2 Å². The lowest BCUT2D eigenvalue weighted by Crippen LogP contribution is -2.20. The van der Waals surface area contributed by atoms with Gasteiger partial charge in [-0.2, -0.15) is 11.8 Å². The molecule has 0 atom stereocenters. The van der Waals surface area contributed by atoms with Crippen molar-refractivity contribution in [3.8, 4) is 0 Å². The molecule has 1 rings (SSSR count). The molecule has 0 unspecified atom stereocenters. The lowest BCUT2D eigenvalue weighted by molar-refractivity contribution is 0.101. The number of aromatic nitrogens is 1. The van der Waals surface area contributed by atoms with Crippen LogP contribution in [0.4, 0.5) is 5.69 Å². The van der Waals surface area contributed by atoms with E-state index in [-0.39, 0.29) is 5.78 Å². The molecule has 0 saturated heterocycles. The zero-order valence-corrected chi connectivity index (χ0v) is 10.2. The van der Waals surface area contributed by atoms with Gasteiger partial charge in [0.2, 0.25) is 0 Å². The molecule has 0 saturated carbocycles. The van der Waals surface area contributed by atoms with Gasteiger partial charge in [-0.3, -0.25) is 9.78 Å². The lowest BCUT2D eigenvalue weighted by Gasteiger charge is -2.18. The number of rotatable bonds is 5. The fourth-order valence-electron chi connectivity index (χ4n) is 1.18. The molecule has 0 spiro atoms. The molecule has 0 aliphatic heterocycles. The first-order chi connectivity index (χ1) is 7.15. The summed E-state index contributed by atoms with van der Waals surface area (Å²) in [6.45, 7) is 2.52. The van der Waals surface area contributed by atoms with Crippen molar-refractivity contribution in [1.82, 2.24) is 4.98 Å². The summed E-state index contributed by atoms with van der Waals surface area (Å²) in [4.78, 5) is 17.3. The predicted molar refractivity (Wildman–Crippen MR) is 65.9 cm³/mol. The number of hydrogen-bond donors (Lipinski definition) is 0. The highest BCUT2D eigenvalue weighted by Crippen LogP contribution is 2.11. The Hall–Kier alpha value is -1.03. The molecule has 82 valence electrons. The number of thioether (sulfide) groups is 1. The number of hydrogen-bond acceptors (Lipinski definition) is 4. The van der Waals surface area contributed by atoms with Crippen molar-refractivity contribution in [2.75, 3.05) is 30.5 Å². The highest BCUT2D eigenvalue weighted by atomic mass is 32.2. The number of ketones is 1. The van der Waals surface area contributed by atoms with Crippen LogP contribution in [0, 0.1) is 0 Å². The van der Waals surface area contributed by atoms with Crippen LogP contribution in [0.15, 0.2) is 18.3 Å².